The Kier molecular flexibility index (Phi) is 4.81. The van der Waals surface area contributed by atoms with Crippen LogP contribution in [0.15, 0.2) is 24.3 Å². The van der Waals surface area contributed by atoms with Crippen molar-refractivity contribution in [1.29, 1.82) is 0 Å². The molecular formula is C14H23NO. The Balaban J connectivity index is 2.78. The van der Waals surface area contributed by atoms with Crippen LogP contribution in [-0.4, -0.2) is 17.3 Å². The Bertz CT molecular complexity index is 301. The average molecular weight is 221 g/mol. The fourth-order valence-corrected chi connectivity index (χ4v) is 1.98. The van der Waals surface area contributed by atoms with Crippen molar-refractivity contribution in [2.75, 3.05) is 11.9 Å². The van der Waals surface area contributed by atoms with Crippen molar-refractivity contribution in [3.8, 4) is 0 Å². The summed E-state index contributed by atoms with van der Waals surface area (Å²) in [5, 5.41) is 13.0. The normalized spacial score (nSPS) is 14.5. The van der Waals surface area contributed by atoms with Crippen LogP contribution in [0, 0.1) is 6.92 Å². The summed E-state index contributed by atoms with van der Waals surface area (Å²) in [6, 6.07) is 8.33. The van der Waals surface area contributed by atoms with Gasteiger partial charge in [0.15, 0.2) is 0 Å². The molecule has 2 nitrogen and oxygen atoms in total. The smallest absolute Gasteiger partial charge is 0.0661 e. The molecule has 1 rings (SSSR count). The number of rotatable bonds is 6. The highest BCUT2D eigenvalue weighted by Crippen LogP contribution is 2.23. The number of aliphatic hydroxyl groups excluding tert-OH is 1. The number of aliphatic hydroxyl groups is 1. The van der Waals surface area contributed by atoms with Crippen LogP contribution < -0.4 is 5.32 Å². The SMILES string of the molecule is CCCC(CC)(CO)Nc1ccc(C)cc1. The number of hydrogen-bond acceptors (Lipinski definition) is 2. The molecule has 1 aromatic carbocycles. The highest BCUT2D eigenvalue weighted by Gasteiger charge is 2.25. The summed E-state index contributed by atoms with van der Waals surface area (Å²) in [5.41, 5.74) is 2.19. The molecule has 1 aromatic rings. The number of benzene rings is 1. The Hall–Kier alpha value is -1.02. The van der Waals surface area contributed by atoms with Crippen molar-refractivity contribution in [2.24, 2.45) is 0 Å². The van der Waals surface area contributed by atoms with E-state index in [1.807, 2.05) is 0 Å². The standard InChI is InChI=1S/C14H23NO/c1-4-10-14(5-2,11-16)15-13-8-6-12(3)7-9-13/h6-9,15-16H,4-5,10-11H2,1-3H3. The number of nitrogens with one attached hydrogen (secondary N) is 1. The average Bonchev–Trinajstić information content (AvgIpc) is 2.31. The molecule has 0 amide bonds. The van der Waals surface area contributed by atoms with Gasteiger partial charge in [-0.15, -0.1) is 0 Å². The zero-order chi connectivity index (χ0) is 12.0. The van der Waals surface area contributed by atoms with Crippen LogP contribution in [0.2, 0.25) is 0 Å². The molecule has 0 fully saturated rings. The van der Waals surface area contributed by atoms with Crippen LogP contribution in [-0.2, 0) is 0 Å². The van der Waals surface area contributed by atoms with Gasteiger partial charge in [-0.2, -0.15) is 0 Å². The largest absolute Gasteiger partial charge is 0.394 e. The summed E-state index contributed by atoms with van der Waals surface area (Å²) in [6.45, 7) is 6.53. The molecule has 90 valence electrons. The van der Waals surface area contributed by atoms with Crippen LogP contribution in [0.3, 0.4) is 0 Å². The fraction of sp³-hybridized carbons (Fsp3) is 0.571. The van der Waals surface area contributed by atoms with Crippen LogP contribution in [0.5, 0.6) is 0 Å². The topological polar surface area (TPSA) is 32.3 Å². The van der Waals surface area contributed by atoms with Gasteiger partial charge in [0.1, 0.15) is 0 Å². The van der Waals surface area contributed by atoms with E-state index in [2.05, 4.69) is 50.4 Å². The molecule has 0 radical (unpaired) electrons. The second kappa shape index (κ2) is 5.90. The van der Waals surface area contributed by atoms with Crippen molar-refractivity contribution in [3.05, 3.63) is 29.8 Å². The van der Waals surface area contributed by atoms with Gasteiger partial charge in [-0.25, -0.2) is 0 Å². The zero-order valence-corrected chi connectivity index (χ0v) is 10.6. The van der Waals surface area contributed by atoms with Gasteiger partial charge < -0.3 is 10.4 Å². The highest BCUT2D eigenvalue weighted by molar-refractivity contribution is 5.46. The Morgan fingerprint density at radius 3 is 2.25 bits per heavy atom. The minimum absolute atomic E-state index is 0.163. The van der Waals surface area contributed by atoms with Crippen LogP contribution in [0.4, 0.5) is 5.69 Å². The molecule has 1 unspecified atom stereocenters. The summed E-state index contributed by atoms with van der Waals surface area (Å²) >= 11 is 0. The predicted molar refractivity (Wildman–Crippen MR) is 69.8 cm³/mol. The van der Waals surface area contributed by atoms with E-state index < -0.39 is 0 Å². The van der Waals surface area contributed by atoms with Crippen LogP contribution in [0.25, 0.3) is 0 Å². The molecule has 0 saturated heterocycles. The lowest BCUT2D eigenvalue weighted by atomic mass is 9.91. The molecule has 0 bridgehead atoms. The summed E-state index contributed by atoms with van der Waals surface area (Å²) in [7, 11) is 0. The minimum atomic E-state index is -0.163. The second-order valence-corrected chi connectivity index (χ2v) is 4.53. The van der Waals surface area contributed by atoms with Gasteiger partial charge in [0.05, 0.1) is 12.1 Å². The maximum absolute atomic E-state index is 9.56. The first-order chi connectivity index (χ1) is 7.65. The molecule has 0 aliphatic rings. The molecule has 0 aliphatic carbocycles. The Morgan fingerprint density at radius 1 is 1.19 bits per heavy atom. The molecule has 0 spiro atoms. The van der Waals surface area contributed by atoms with Crippen molar-refractivity contribution < 1.29 is 5.11 Å². The van der Waals surface area contributed by atoms with Gasteiger partial charge in [0.25, 0.3) is 0 Å². The first-order valence-electron chi connectivity index (χ1n) is 6.11. The van der Waals surface area contributed by atoms with E-state index in [1.54, 1.807) is 0 Å². The van der Waals surface area contributed by atoms with Crippen molar-refractivity contribution >= 4 is 5.69 Å². The molecule has 16 heavy (non-hydrogen) atoms. The molecular weight excluding hydrogens is 198 g/mol. The third-order valence-electron chi connectivity index (χ3n) is 3.17. The number of anilines is 1. The maximum atomic E-state index is 9.56. The molecule has 0 saturated carbocycles. The molecule has 2 N–H and O–H groups in total. The van der Waals surface area contributed by atoms with E-state index >= 15 is 0 Å². The molecule has 1 atom stereocenters. The van der Waals surface area contributed by atoms with E-state index in [4.69, 9.17) is 0 Å². The lowest BCUT2D eigenvalue weighted by molar-refractivity contribution is 0.197. The Morgan fingerprint density at radius 2 is 1.81 bits per heavy atom. The van der Waals surface area contributed by atoms with Gasteiger partial charge in [-0.05, 0) is 31.9 Å². The third-order valence-corrected chi connectivity index (χ3v) is 3.17. The van der Waals surface area contributed by atoms with Crippen LogP contribution in [0.1, 0.15) is 38.7 Å². The van der Waals surface area contributed by atoms with Crippen molar-refractivity contribution in [1.82, 2.24) is 0 Å². The molecule has 0 aromatic heterocycles. The summed E-state index contributed by atoms with van der Waals surface area (Å²) < 4.78 is 0. The lowest BCUT2D eigenvalue weighted by Gasteiger charge is -2.33. The van der Waals surface area contributed by atoms with Gasteiger partial charge in [0.2, 0.25) is 0 Å². The van der Waals surface area contributed by atoms with Crippen LogP contribution >= 0.6 is 0 Å². The minimum Gasteiger partial charge on any atom is -0.394 e. The molecule has 0 heterocycles. The van der Waals surface area contributed by atoms with E-state index in [0.29, 0.717) is 0 Å². The van der Waals surface area contributed by atoms with Gasteiger partial charge in [-0.1, -0.05) is 38.0 Å². The Labute approximate surface area is 98.7 Å². The van der Waals surface area contributed by atoms with Gasteiger partial charge >= 0.3 is 0 Å². The third kappa shape index (κ3) is 3.24. The van der Waals surface area contributed by atoms with Crippen molar-refractivity contribution in [3.63, 3.8) is 0 Å². The number of hydrogen-bond donors (Lipinski definition) is 2. The van der Waals surface area contributed by atoms with E-state index in [0.717, 1.165) is 24.9 Å². The van der Waals surface area contributed by atoms with E-state index in [1.165, 1.54) is 5.56 Å². The predicted octanol–water partition coefficient (Wildman–Crippen LogP) is 3.35. The van der Waals surface area contributed by atoms with E-state index in [-0.39, 0.29) is 12.1 Å². The summed E-state index contributed by atoms with van der Waals surface area (Å²) in [6.07, 6.45) is 3.01. The second-order valence-electron chi connectivity index (χ2n) is 4.53. The fourth-order valence-electron chi connectivity index (χ4n) is 1.98. The highest BCUT2D eigenvalue weighted by atomic mass is 16.3. The lowest BCUT2D eigenvalue weighted by Crippen LogP contribution is -2.41. The van der Waals surface area contributed by atoms with Crippen molar-refractivity contribution in [2.45, 2.75) is 45.6 Å². The summed E-state index contributed by atoms with van der Waals surface area (Å²) in [5.74, 6) is 0. The first-order valence-corrected chi connectivity index (χ1v) is 6.11. The zero-order valence-electron chi connectivity index (χ0n) is 10.6. The maximum Gasteiger partial charge on any atom is 0.0661 e. The van der Waals surface area contributed by atoms with Gasteiger partial charge in [-0.3, -0.25) is 0 Å². The first kappa shape index (κ1) is 13.0. The monoisotopic (exact) mass is 221 g/mol. The molecule has 2 heteroatoms. The van der Waals surface area contributed by atoms with E-state index in [9.17, 15) is 5.11 Å². The quantitative estimate of drug-likeness (QED) is 0.772. The molecule has 0 aliphatic heterocycles. The summed E-state index contributed by atoms with van der Waals surface area (Å²) in [4.78, 5) is 0. The van der Waals surface area contributed by atoms with Gasteiger partial charge in [0, 0.05) is 5.69 Å². The number of aryl methyl sites for hydroxylation is 1.